The summed E-state index contributed by atoms with van der Waals surface area (Å²) in [6.45, 7) is 0.406. The maximum absolute atomic E-state index is 11.2. The van der Waals surface area contributed by atoms with Crippen molar-refractivity contribution in [2.45, 2.75) is 38.5 Å². The third kappa shape index (κ3) is 6.02. The highest BCUT2D eigenvalue weighted by molar-refractivity contribution is 5.88. The number of rotatable bonds is 11. The van der Waals surface area contributed by atoms with E-state index in [-0.39, 0.29) is 24.7 Å². The smallest absolute Gasteiger partial charge is 0.335 e. The van der Waals surface area contributed by atoms with Gasteiger partial charge in [-0.2, -0.15) is 0 Å². The van der Waals surface area contributed by atoms with Gasteiger partial charge >= 0.3 is 11.9 Å². The van der Waals surface area contributed by atoms with Crippen LogP contribution in [0.3, 0.4) is 0 Å². The molecule has 8 heteroatoms. The monoisotopic (exact) mass is 566 g/mol. The number of carbonyl (C=O) groups is 2. The first-order valence-corrected chi connectivity index (χ1v) is 13.9. The van der Waals surface area contributed by atoms with Gasteiger partial charge in [-0.05, 0) is 120 Å². The van der Waals surface area contributed by atoms with Crippen molar-refractivity contribution in [1.82, 2.24) is 0 Å². The fourth-order valence-electron chi connectivity index (χ4n) is 5.44. The van der Waals surface area contributed by atoms with Crippen molar-refractivity contribution >= 4 is 11.9 Å². The van der Waals surface area contributed by atoms with Crippen LogP contribution in [0.2, 0.25) is 0 Å². The lowest BCUT2D eigenvalue weighted by molar-refractivity contribution is 0.0686. The van der Waals surface area contributed by atoms with E-state index in [9.17, 15) is 19.8 Å². The van der Waals surface area contributed by atoms with Gasteiger partial charge in [0.1, 0.15) is 0 Å². The molecule has 4 aromatic carbocycles. The van der Waals surface area contributed by atoms with E-state index in [0.29, 0.717) is 0 Å². The number of benzene rings is 4. The number of carboxylic acids is 2. The van der Waals surface area contributed by atoms with Gasteiger partial charge in [-0.1, -0.05) is 24.3 Å². The highest BCUT2D eigenvalue weighted by Gasteiger charge is 2.20. The summed E-state index contributed by atoms with van der Waals surface area (Å²) in [5.74, 6) is 1.11. The van der Waals surface area contributed by atoms with Crippen molar-refractivity contribution in [3.63, 3.8) is 0 Å². The fraction of sp³-hybridized carbons (Fsp3) is 0.235. The van der Waals surface area contributed by atoms with Crippen LogP contribution in [0.15, 0.2) is 72.8 Å². The van der Waals surface area contributed by atoms with Crippen LogP contribution in [-0.2, 0) is 38.5 Å². The Morgan fingerprint density at radius 3 is 1.05 bits per heavy atom. The molecule has 42 heavy (non-hydrogen) atoms. The van der Waals surface area contributed by atoms with Crippen molar-refractivity contribution in [2.75, 3.05) is 13.6 Å². The minimum absolute atomic E-state index is 0.203. The first-order chi connectivity index (χ1) is 20.4. The molecule has 4 aromatic rings. The first-order valence-electron chi connectivity index (χ1n) is 13.9. The number of aryl methyl sites for hydroxylation is 6. The molecule has 0 spiro atoms. The van der Waals surface area contributed by atoms with Crippen LogP contribution in [0.25, 0.3) is 0 Å². The molecule has 2 aliphatic heterocycles. The number of fused-ring (bicyclic) bond motifs is 2. The quantitative estimate of drug-likeness (QED) is 0.231. The lowest BCUT2D eigenvalue weighted by Gasteiger charge is -2.15. The van der Waals surface area contributed by atoms with Crippen molar-refractivity contribution in [3.05, 3.63) is 117 Å². The van der Waals surface area contributed by atoms with Crippen LogP contribution in [-0.4, -0.2) is 35.7 Å². The number of aromatic carboxylic acids is 2. The summed E-state index contributed by atoms with van der Waals surface area (Å²) in [7, 11) is 0. The Morgan fingerprint density at radius 2 is 0.762 bits per heavy atom. The van der Waals surface area contributed by atoms with Gasteiger partial charge in [-0.3, -0.25) is 0 Å². The van der Waals surface area contributed by atoms with E-state index in [4.69, 9.17) is 18.9 Å². The molecule has 0 radical (unpaired) electrons. The Labute approximate surface area is 243 Å². The van der Waals surface area contributed by atoms with Crippen LogP contribution in [0.4, 0.5) is 0 Å². The standard InChI is InChI=1S/C34H30O8/c35-33(36)23-7-1-21(2-8-23)5-11-25-15-29-31(41-19-39-29)17-27(25)13-14-28-18-32-30(40-20-42-32)16-26(28)12-6-22-3-9-24(10-4-22)34(37)38/h1-4,7-10,15-18H,5-6,11-14,19-20H2,(H,35,36)(H,37,38). The van der Waals surface area contributed by atoms with Gasteiger partial charge in [0, 0.05) is 0 Å². The molecule has 214 valence electrons. The minimum Gasteiger partial charge on any atom is -0.478 e. The summed E-state index contributed by atoms with van der Waals surface area (Å²) in [5, 5.41) is 18.4. The maximum Gasteiger partial charge on any atom is 0.335 e. The summed E-state index contributed by atoms with van der Waals surface area (Å²) < 4.78 is 22.7. The van der Waals surface area contributed by atoms with Gasteiger partial charge in [0.05, 0.1) is 11.1 Å². The molecule has 6 rings (SSSR count). The van der Waals surface area contributed by atoms with Gasteiger partial charge in [0.2, 0.25) is 13.6 Å². The summed E-state index contributed by atoms with van der Waals surface area (Å²) in [6, 6.07) is 22.3. The number of hydrogen-bond donors (Lipinski definition) is 2. The highest BCUT2D eigenvalue weighted by atomic mass is 16.7. The molecule has 0 saturated carbocycles. The number of ether oxygens (including phenoxy) is 4. The molecule has 0 amide bonds. The van der Waals surface area contributed by atoms with Gasteiger partial charge in [0.15, 0.2) is 23.0 Å². The minimum atomic E-state index is -0.932. The molecule has 2 aliphatic rings. The predicted octanol–water partition coefficient (Wildman–Crippen LogP) is 5.90. The molecular formula is C34H30O8. The Kier molecular flexibility index (Phi) is 7.68. The van der Waals surface area contributed by atoms with E-state index in [2.05, 4.69) is 24.3 Å². The number of hydrogen-bond acceptors (Lipinski definition) is 6. The van der Waals surface area contributed by atoms with E-state index in [1.54, 1.807) is 24.3 Å². The van der Waals surface area contributed by atoms with Crippen LogP contribution >= 0.6 is 0 Å². The summed E-state index contributed by atoms with van der Waals surface area (Å²) in [4.78, 5) is 22.4. The SMILES string of the molecule is O=C(O)c1ccc(CCc2cc3c(cc2CCc2cc4c(cc2CCc2ccc(C(=O)O)cc2)OCO4)OCO3)cc1. The lowest BCUT2D eigenvalue weighted by atomic mass is 9.91. The summed E-state index contributed by atoms with van der Waals surface area (Å²) in [6.07, 6.45) is 4.65. The number of carboxylic acid groups (broad SMARTS) is 2. The van der Waals surface area contributed by atoms with Crippen molar-refractivity contribution in [2.24, 2.45) is 0 Å². The molecular weight excluding hydrogens is 536 g/mol. The van der Waals surface area contributed by atoms with Gasteiger partial charge in [-0.15, -0.1) is 0 Å². The molecule has 0 saturated heterocycles. The van der Waals surface area contributed by atoms with Crippen molar-refractivity contribution < 1.29 is 38.7 Å². The molecule has 0 atom stereocenters. The average Bonchev–Trinajstić information content (AvgIpc) is 3.66. The Balaban J connectivity index is 1.20. The van der Waals surface area contributed by atoms with Gasteiger partial charge in [-0.25, -0.2) is 9.59 Å². The van der Waals surface area contributed by atoms with Gasteiger partial charge in [0.25, 0.3) is 0 Å². The van der Waals surface area contributed by atoms with Crippen molar-refractivity contribution in [1.29, 1.82) is 0 Å². The Hall–Kier alpha value is -4.98. The predicted molar refractivity (Wildman–Crippen MR) is 154 cm³/mol. The Morgan fingerprint density at radius 1 is 0.476 bits per heavy atom. The molecule has 0 fully saturated rings. The third-order valence-corrected chi connectivity index (χ3v) is 7.82. The largest absolute Gasteiger partial charge is 0.478 e. The lowest BCUT2D eigenvalue weighted by Crippen LogP contribution is -2.03. The summed E-state index contributed by atoms with van der Waals surface area (Å²) in [5.41, 5.74) is 7.38. The molecule has 0 bridgehead atoms. The Bertz CT molecular complexity index is 1500. The second kappa shape index (κ2) is 11.9. The second-order valence-corrected chi connectivity index (χ2v) is 10.5. The highest BCUT2D eigenvalue weighted by Crippen LogP contribution is 2.38. The van der Waals surface area contributed by atoms with E-state index < -0.39 is 11.9 Å². The van der Waals surface area contributed by atoms with Crippen LogP contribution in [0.1, 0.15) is 54.1 Å². The third-order valence-electron chi connectivity index (χ3n) is 7.82. The van der Waals surface area contributed by atoms with Crippen LogP contribution in [0, 0.1) is 0 Å². The maximum atomic E-state index is 11.2. The molecule has 8 nitrogen and oxygen atoms in total. The fourth-order valence-corrected chi connectivity index (χ4v) is 5.44. The second-order valence-electron chi connectivity index (χ2n) is 10.5. The van der Waals surface area contributed by atoms with E-state index in [1.807, 2.05) is 24.3 Å². The van der Waals surface area contributed by atoms with Crippen LogP contribution in [0.5, 0.6) is 23.0 Å². The first kappa shape index (κ1) is 27.2. The zero-order valence-corrected chi connectivity index (χ0v) is 22.9. The topological polar surface area (TPSA) is 112 Å². The van der Waals surface area contributed by atoms with Crippen molar-refractivity contribution in [3.8, 4) is 23.0 Å². The van der Waals surface area contributed by atoms with E-state index >= 15 is 0 Å². The molecule has 2 N–H and O–H groups in total. The molecule has 0 aliphatic carbocycles. The summed E-state index contributed by atoms with van der Waals surface area (Å²) >= 11 is 0. The molecule has 2 heterocycles. The zero-order chi connectivity index (χ0) is 29.1. The normalized spacial score (nSPS) is 12.9. The van der Waals surface area contributed by atoms with E-state index in [0.717, 1.165) is 72.6 Å². The molecule has 0 unspecified atom stereocenters. The van der Waals surface area contributed by atoms with Gasteiger partial charge < -0.3 is 29.2 Å². The zero-order valence-electron chi connectivity index (χ0n) is 22.9. The molecule has 0 aromatic heterocycles. The van der Waals surface area contributed by atoms with Crippen LogP contribution < -0.4 is 18.9 Å². The average molecular weight is 567 g/mol. The van der Waals surface area contributed by atoms with E-state index in [1.165, 1.54) is 22.3 Å².